The summed E-state index contributed by atoms with van der Waals surface area (Å²) in [6, 6.07) is 0. The fourth-order valence-corrected chi connectivity index (χ4v) is 1.76. The second-order valence-electron chi connectivity index (χ2n) is 3.30. The van der Waals surface area contributed by atoms with Gasteiger partial charge in [0, 0.05) is 18.6 Å². The van der Waals surface area contributed by atoms with Gasteiger partial charge in [-0.25, -0.2) is 9.97 Å². The summed E-state index contributed by atoms with van der Waals surface area (Å²) >= 11 is 6.04. The van der Waals surface area contributed by atoms with Gasteiger partial charge in [0.2, 0.25) is 0 Å². The average molecular weight is 229 g/mol. The van der Waals surface area contributed by atoms with Crippen molar-refractivity contribution in [2.24, 2.45) is 0 Å². The molecule has 1 aromatic heterocycles. The second kappa shape index (κ2) is 4.88. The molecule has 0 radical (unpaired) electrons. The zero-order chi connectivity index (χ0) is 10.7. The normalized spacial score (nSPS) is 15.1. The lowest BCUT2D eigenvalue weighted by Gasteiger charge is -2.16. The third-order valence-electron chi connectivity index (χ3n) is 2.25. The Hall–Kier alpha value is -0.710. The van der Waals surface area contributed by atoms with E-state index in [1.54, 1.807) is 0 Å². The Bertz CT molecular complexity index is 358. The number of halogens is 1. The average Bonchev–Trinajstić information content (AvgIpc) is 2.26. The molecule has 0 saturated heterocycles. The van der Waals surface area contributed by atoms with Crippen LogP contribution < -0.4 is 0 Å². The Morgan fingerprint density at radius 1 is 1.47 bits per heavy atom. The van der Waals surface area contributed by atoms with Crippen molar-refractivity contribution in [2.75, 3.05) is 13.2 Å². The van der Waals surface area contributed by atoms with Crippen LogP contribution in [0.15, 0.2) is 0 Å². The number of nitrogens with zero attached hydrogens (tertiary/aromatic N) is 2. The molecule has 0 saturated carbocycles. The second-order valence-corrected chi connectivity index (χ2v) is 3.65. The molecule has 1 aromatic rings. The number of aromatic nitrogens is 2. The Labute approximate surface area is 93.6 Å². The third kappa shape index (κ3) is 2.45. The summed E-state index contributed by atoms with van der Waals surface area (Å²) in [5.41, 5.74) is 1.92. The smallest absolute Gasteiger partial charge is 0.155 e. The van der Waals surface area contributed by atoms with Gasteiger partial charge in [0.15, 0.2) is 5.82 Å². The molecule has 1 aliphatic heterocycles. The molecule has 4 nitrogen and oxygen atoms in total. The molecule has 1 aliphatic rings. The van der Waals surface area contributed by atoms with E-state index in [4.69, 9.17) is 21.1 Å². The SMILES string of the molecule is CCOCc1nc(Cl)c2c(n1)CCOC2. The van der Waals surface area contributed by atoms with Crippen LogP contribution in [0.3, 0.4) is 0 Å². The predicted octanol–water partition coefficient (Wildman–Crippen LogP) is 1.74. The number of ether oxygens (including phenoxy) is 2. The molecule has 0 atom stereocenters. The fraction of sp³-hybridized carbons (Fsp3) is 0.600. The summed E-state index contributed by atoms with van der Waals surface area (Å²) in [6.07, 6.45) is 0.802. The zero-order valence-corrected chi connectivity index (χ0v) is 9.38. The maximum Gasteiger partial charge on any atom is 0.155 e. The maximum atomic E-state index is 6.04. The van der Waals surface area contributed by atoms with E-state index in [0.717, 1.165) is 17.7 Å². The Morgan fingerprint density at radius 2 is 2.33 bits per heavy atom. The monoisotopic (exact) mass is 228 g/mol. The van der Waals surface area contributed by atoms with Gasteiger partial charge in [0.1, 0.15) is 11.8 Å². The molecule has 0 amide bonds. The van der Waals surface area contributed by atoms with Crippen LogP contribution >= 0.6 is 11.6 Å². The lowest BCUT2D eigenvalue weighted by atomic mass is 10.1. The van der Waals surface area contributed by atoms with Gasteiger partial charge >= 0.3 is 0 Å². The molecule has 2 rings (SSSR count). The van der Waals surface area contributed by atoms with Crippen molar-refractivity contribution in [3.8, 4) is 0 Å². The van der Waals surface area contributed by atoms with E-state index in [1.807, 2.05) is 6.92 Å². The summed E-state index contributed by atoms with van der Waals surface area (Å²) in [5.74, 6) is 0.655. The summed E-state index contributed by atoms with van der Waals surface area (Å²) in [7, 11) is 0. The third-order valence-corrected chi connectivity index (χ3v) is 2.57. The molecule has 82 valence electrons. The largest absolute Gasteiger partial charge is 0.376 e. The summed E-state index contributed by atoms with van der Waals surface area (Å²) in [6.45, 7) is 4.23. The van der Waals surface area contributed by atoms with Crippen LogP contribution in [0.5, 0.6) is 0 Å². The lowest BCUT2D eigenvalue weighted by Crippen LogP contribution is -2.15. The molecule has 15 heavy (non-hydrogen) atoms. The minimum absolute atomic E-state index is 0.421. The van der Waals surface area contributed by atoms with Crippen LogP contribution in [0.4, 0.5) is 0 Å². The highest BCUT2D eigenvalue weighted by molar-refractivity contribution is 6.30. The highest BCUT2D eigenvalue weighted by Crippen LogP contribution is 2.22. The van der Waals surface area contributed by atoms with E-state index in [-0.39, 0.29) is 0 Å². The molecule has 0 aliphatic carbocycles. The van der Waals surface area contributed by atoms with Crippen LogP contribution in [-0.4, -0.2) is 23.2 Å². The van der Waals surface area contributed by atoms with Gasteiger partial charge in [-0.1, -0.05) is 11.6 Å². The number of fused-ring (bicyclic) bond motifs is 1. The van der Waals surface area contributed by atoms with Gasteiger partial charge < -0.3 is 9.47 Å². The van der Waals surface area contributed by atoms with Crippen LogP contribution in [0.1, 0.15) is 24.0 Å². The highest BCUT2D eigenvalue weighted by Gasteiger charge is 2.16. The van der Waals surface area contributed by atoms with Gasteiger partial charge in [-0.2, -0.15) is 0 Å². The molecular weight excluding hydrogens is 216 g/mol. The van der Waals surface area contributed by atoms with Gasteiger partial charge in [-0.15, -0.1) is 0 Å². The number of hydrogen-bond donors (Lipinski definition) is 0. The van der Waals surface area contributed by atoms with Gasteiger partial charge in [0.05, 0.1) is 18.9 Å². The predicted molar refractivity (Wildman–Crippen MR) is 55.7 cm³/mol. The Morgan fingerprint density at radius 3 is 3.13 bits per heavy atom. The molecule has 0 N–H and O–H groups in total. The van der Waals surface area contributed by atoms with Crippen molar-refractivity contribution in [1.82, 2.24) is 9.97 Å². The van der Waals surface area contributed by atoms with E-state index in [2.05, 4.69) is 9.97 Å². The van der Waals surface area contributed by atoms with E-state index in [9.17, 15) is 0 Å². The zero-order valence-electron chi connectivity index (χ0n) is 8.62. The fourth-order valence-electron chi connectivity index (χ4n) is 1.50. The van der Waals surface area contributed by atoms with E-state index in [0.29, 0.717) is 37.4 Å². The summed E-state index contributed by atoms with van der Waals surface area (Å²) < 4.78 is 10.6. The molecule has 0 aromatic carbocycles. The summed E-state index contributed by atoms with van der Waals surface area (Å²) in [4.78, 5) is 8.58. The molecule has 0 spiro atoms. The maximum absolute atomic E-state index is 6.04. The molecule has 0 bridgehead atoms. The van der Waals surface area contributed by atoms with Crippen LogP contribution in [0, 0.1) is 0 Å². The highest BCUT2D eigenvalue weighted by atomic mass is 35.5. The molecule has 0 unspecified atom stereocenters. The Kier molecular flexibility index (Phi) is 3.51. The molecule has 5 heteroatoms. The first kappa shape index (κ1) is 10.8. The van der Waals surface area contributed by atoms with Gasteiger partial charge in [-0.05, 0) is 6.92 Å². The minimum atomic E-state index is 0.421. The topological polar surface area (TPSA) is 44.2 Å². The first-order chi connectivity index (χ1) is 7.31. The molecule has 0 fully saturated rings. The quantitative estimate of drug-likeness (QED) is 0.740. The first-order valence-corrected chi connectivity index (χ1v) is 5.38. The van der Waals surface area contributed by atoms with E-state index >= 15 is 0 Å². The number of rotatable bonds is 3. The van der Waals surface area contributed by atoms with Crippen molar-refractivity contribution >= 4 is 11.6 Å². The van der Waals surface area contributed by atoms with Crippen LogP contribution in [0.25, 0.3) is 0 Å². The van der Waals surface area contributed by atoms with Gasteiger partial charge in [0.25, 0.3) is 0 Å². The summed E-state index contributed by atoms with van der Waals surface area (Å²) in [5, 5.41) is 0.495. The van der Waals surface area contributed by atoms with E-state index < -0.39 is 0 Å². The van der Waals surface area contributed by atoms with E-state index in [1.165, 1.54) is 0 Å². The van der Waals surface area contributed by atoms with Crippen molar-refractivity contribution in [2.45, 2.75) is 26.6 Å². The first-order valence-electron chi connectivity index (χ1n) is 5.01. The van der Waals surface area contributed by atoms with Crippen LogP contribution in [0.2, 0.25) is 5.15 Å². The molecule has 2 heterocycles. The lowest BCUT2D eigenvalue weighted by molar-refractivity contribution is 0.106. The Balaban J connectivity index is 2.24. The van der Waals surface area contributed by atoms with Crippen molar-refractivity contribution in [1.29, 1.82) is 0 Å². The number of hydrogen-bond acceptors (Lipinski definition) is 4. The van der Waals surface area contributed by atoms with Gasteiger partial charge in [-0.3, -0.25) is 0 Å². The van der Waals surface area contributed by atoms with Crippen molar-refractivity contribution in [3.05, 3.63) is 22.2 Å². The van der Waals surface area contributed by atoms with Crippen molar-refractivity contribution in [3.63, 3.8) is 0 Å². The van der Waals surface area contributed by atoms with Crippen molar-refractivity contribution < 1.29 is 9.47 Å². The van der Waals surface area contributed by atoms with Crippen LogP contribution in [-0.2, 0) is 29.1 Å². The molecular formula is C10H13ClN2O2. The standard InChI is InChI=1S/C10H13ClN2O2/c1-2-14-6-9-12-8-3-4-15-5-7(8)10(11)13-9/h2-6H2,1H3. The minimum Gasteiger partial charge on any atom is -0.376 e.